The molecule has 1 heterocycles. The van der Waals surface area contributed by atoms with Crippen molar-refractivity contribution in [3.05, 3.63) is 89.3 Å². The van der Waals surface area contributed by atoms with Crippen molar-refractivity contribution in [3.63, 3.8) is 0 Å². The first-order valence-electron chi connectivity index (χ1n) is 8.59. The van der Waals surface area contributed by atoms with Gasteiger partial charge in [-0.05, 0) is 46.8 Å². The van der Waals surface area contributed by atoms with Crippen molar-refractivity contribution in [1.29, 1.82) is 0 Å². The molecule has 0 aliphatic rings. The minimum Gasteiger partial charge on any atom is -0.322 e. The van der Waals surface area contributed by atoms with Crippen molar-refractivity contribution < 1.29 is 14.8 Å². The molecule has 0 atom stereocenters. The highest BCUT2D eigenvalue weighted by Gasteiger charge is 2.11. The third-order valence-electron chi connectivity index (χ3n) is 4.36. The van der Waals surface area contributed by atoms with Crippen LogP contribution >= 0.6 is 11.3 Å². The lowest BCUT2D eigenvalue weighted by Crippen LogP contribution is -2.16. The molecule has 0 aliphatic carbocycles. The molecule has 0 saturated heterocycles. The number of anilines is 1. The van der Waals surface area contributed by atoms with Crippen LogP contribution in [0, 0.1) is 0 Å². The molecular formula is C22H16N2O3S. The Morgan fingerprint density at radius 1 is 0.786 bits per heavy atom. The van der Waals surface area contributed by atoms with E-state index in [2.05, 4.69) is 5.32 Å². The van der Waals surface area contributed by atoms with Crippen LogP contribution < -0.4 is 10.8 Å². The van der Waals surface area contributed by atoms with E-state index in [4.69, 9.17) is 5.21 Å². The number of rotatable bonds is 4. The fourth-order valence-electron chi connectivity index (χ4n) is 2.92. The Morgan fingerprint density at radius 3 is 2.21 bits per heavy atom. The van der Waals surface area contributed by atoms with E-state index >= 15 is 0 Å². The highest BCUT2D eigenvalue weighted by molar-refractivity contribution is 7.20. The van der Waals surface area contributed by atoms with Crippen LogP contribution in [0.15, 0.2) is 78.9 Å². The van der Waals surface area contributed by atoms with E-state index in [0.29, 0.717) is 16.1 Å². The molecule has 2 amide bonds. The number of hydrogen-bond donors (Lipinski definition) is 3. The van der Waals surface area contributed by atoms with E-state index in [9.17, 15) is 9.59 Å². The van der Waals surface area contributed by atoms with E-state index in [1.807, 2.05) is 54.6 Å². The summed E-state index contributed by atoms with van der Waals surface area (Å²) in [5, 5.41) is 12.5. The molecule has 138 valence electrons. The minimum absolute atomic E-state index is 0.205. The molecule has 28 heavy (non-hydrogen) atoms. The van der Waals surface area contributed by atoms with Gasteiger partial charge in [-0.2, -0.15) is 0 Å². The summed E-state index contributed by atoms with van der Waals surface area (Å²) in [7, 11) is 0. The summed E-state index contributed by atoms with van der Waals surface area (Å²) in [6.45, 7) is 0. The van der Waals surface area contributed by atoms with Gasteiger partial charge in [0, 0.05) is 16.0 Å². The molecule has 0 saturated carbocycles. The van der Waals surface area contributed by atoms with Crippen molar-refractivity contribution in [1.82, 2.24) is 5.48 Å². The number of hydrogen-bond acceptors (Lipinski definition) is 4. The summed E-state index contributed by atoms with van der Waals surface area (Å²) in [4.78, 5) is 24.5. The molecule has 0 unspecified atom stereocenters. The maximum atomic E-state index is 12.6. The quantitative estimate of drug-likeness (QED) is 0.342. The normalized spacial score (nSPS) is 10.6. The van der Waals surface area contributed by atoms with Gasteiger partial charge < -0.3 is 5.32 Å². The molecule has 3 N–H and O–H groups in total. The van der Waals surface area contributed by atoms with E-state index in [1.54, 1.807) is 29.7 Å². The number of benzene rings is 3. The molecular weight excluding hydrogens is 372 g/mol. The molecule has 5 nitrogen and oxygen atoms in total. The third-order valence-corrected chi connectivity index (χ3v) is 5.45. The van der Waals surface area contributed by atoms with Gasteiger partial charge in [0.1, 0.15) is 0 Å². The maximum Gasteiger partial charge on any atom is 0.284 e. The van der Waals surface area contributed by atoms with E-state index in [-0.39, 0.29) is 5.91 Å². The zero-order valence-electron chi connectivity index (χ0n) is 14.7. The molecule has 0 spiro atoms. The monoisotopic (exact) mass is 388 g/mol. The summed E-state index contributed by atoms with van der Waals surface area (Å²) >= 11 is 1.24. The number of amides is 2. The fourth-order valence-corrected chi connectivity index (χ4v) is 3.92. The zero-order chi connectivity index (χ0) is 19.5. The number of thiophene rings is 1. The van der Waals surface area contributed by atoms with Crippen molar-refractivity contribution >= 4 is 38.9 Å². The lowest BCUT2D eigenvalue weighted by molar-refractivity contribution is 0.0711. The lowest BCUT2D eigenvalue weighted by Gasteiger charge is -2.07. The topological polar surface area (TPSA) is 78.4 Å². The first-order chi connectivity index (χ1) is 13.6. The highest BCUT2D eigenvalue weighted by Crippen LogP contribution is 2.28. The average Bonchev–Trinajstić information content (AvgIpc) is 3.17. The van der Waals surface area contributed by atoms with Crippen LogP contribution in [0.3, 0.4) is 0 Å². The fraction of sp³-hybridized carbons (Fsp3) is 0. The number of hydroxylamine groups is 1. The molecule has 3 aromatic carbocycles. The highest BCUT2D eigenvalue weighted by atomic mass is 32.1. The van der Waals surface area contributed by atoms with E-state index in [0.717, 1.165) is 21.2 Å². The molecule has 0 fully saturated rings. The number of fused-ring (bicyclic) bond motifs is 1. The van der Waals surface area contributed by atoms with Gasteiger partial charge in [-0.25, -0.2) is 5.48 Å². The van der Waals surface area contributed by atoms with Gasteiger partial charge in [-0.15, -0.1) is 11.3 Å². The Morgan fingerprint density at radius 2 is 1.50 bits per heavy atom. The van der Waals surface area contributed by atoms with Crippen LogP contribution in [0.25, 0.3) is 21.2 Å². The summed E-state index contributed by atoms with van der Waals surface area (Å²) in [5.74, 6) is -0.755. The Bertz CT molecular complexity index is 1150. The SMILES string of the molecule is O=C(Nc1ccc2cc(C(=O)NO)sc2c1)c1ccc(-c2ccccc2)cc1. The van der Waals surface area contributed by atoms with Crippen LogP contribution in [-0.4, -0.2) is 17.0 Å². The zero-order valence-corrected chi connectivity index (χ0v) is 15.5. The lowest BCUT2D eigenvalue weighted by atomic mass is 10.0. The van der Waals surface area contributed by atoms with Crippen LogP contribution in [0.5, 0.6) is 0 Å². The first kappa shape index (κ1) is 17.9. The first-order valence-corrected chi connectivity index (χ1v) is 9.40. The summed E-state index contributed by atoms with van der Waals surface area (Å²) in [6.07, 6.45) is 0. The largest absolute Gasteiger partial charge is 0.322 e. The Kier molecular flexibility index (Phi) is 4.89. The molecule has 6 heteroatoms. The molecule has 4 aromatic rings. The second-order valence-electron chi connectivity index (χ2n) is 6.20. The van der Waals surface area contributed by atoms with Crippen LogP contribution in [0.4, 0.5) is 5.69 Å². The van der Waals surface area contributed by atoms with E-state index in [1.165, 1.54) is 11.3 Å². The number of nitrogens with one attached hydrogen (secondary N) is 2. The maximum absolute atomic E-state index is 12.6. The van der Waals surface area contributed by atoms with Crippen molar-refractivity contribution in [2.45, 2.75) is 0 Å². The van der Waals surface area contributed by atoms with Gasteiger partial charge in [0.15, 0.2) is 0 Å². The third kappa shape index (κ3) is 3.64. The van der Waals surface area contributed by atoms with Gasteiger partial charge >= 0.3 is 0 Å². The number of carbonyl (C=O) groups is 2. The molecule has 4 rings (SSSR count). The van der Waals surface area contributed by atoms with Crippen LogP contribution in [0.2, 0.25) is 0 Å². The minimum atomic E-state index is -0.551. The Labute approximate surface area is 165 Å². The molecule has 0 radical (unpaired) electrons. The Balaban J connectivity index is 1.52. The number of carbonyl (C=O) groups excluding carboxylic acids is 2. The van der Waals surface area contributed by atoms with Crippen LogP contribution in [0.1, 0.15) is 20.0 Å². The second kappa shape index (κ2) is 7.64. The van der Waals surface area contributed by atoms with Gasteiger partial charge in [-0.3, -0.25) is 14.8 Å². The molecule has 0 bridgehead atoms. The second-order valence-corrected chi connectivity index (χ2v) is 7.29. The molecule has 1 aromatic heterocycles. The van der Waals surface area contributed by atoms with Crippen molar-refractivity contribution in [3.8, 4) is 11.1 Å². The van der Waals surface area contributed by atoms with Gasteiger partial charge in [-0.1, -0.05) is 48.5 Å². The van der Waals surface area contributed by atoms with Gasteiger partial charge in [0.05, 0.1) is 4.88 Å². The van der Waals surface area contributed by atoms with Crippen molar-refractivity contribution in [2.75, 3.05) is 5.32 Å². The van der Waals surface area contributed by atoms with Gasteiger partial charge in [0.2, 0.25) is 0 Å². The predicted molar refractivity (Wildman–Crippen MR) is 111 cm³/mol. The summed E-state index contributed by atoms with van der Waals surface area (Å²) < 4.78 is 0.843. The predicted octanol–water partition coefficient (Wildman–Crippen LogP) is 4.94. The smallest absolute Gasteiger partial charge is 0.284 e. The average molecular weight is 388 g/mol. The van der Waals surface area contributed by atoms with Crippen LogP contribution in [-0.2, 0) is 0 Å². The van der Waals surface area contributed by atoms with Crippen molar-refractivity contribution in [2.24, 2.45) is 0 Å². The van der Waals surface area contributed by atoms with Gasteiger partial charge in [0.25, 0.3) is 11.8 Å². The Hall–Kier alpha value is -3.48. The van der Waals surface area contributed by atoms with E-state index < -0.39 is 5.91 Å². The summed E-state index contributed by atoms with van der Waals surface area (Å²) in [6, 6.07) is 24.5. The molecule has 0 aliphatic heterocycles. The standard InChI is InChI=1S/C22H16N2O3S/c25-21(16-8-6-15(7-9-16)14-4-2-1-3-5-14)23-18-11-10-17-12-20(22(26)24-27)28-19(17)13-18/h1-13,27H,(H,23,25)(H,24,26). The summed E-state index contributed by atoms with van der Waals surface area (Å²) in [5.41, 5.74) is 4.98.